The van der Waals surface area contributed by atoms with Gasteiger partial charge < -0.3 is 23.6 Å². The molecule has 1 amide bonds. The molecule has 1 unspecified atom stereocenters. The molecular formula is C24H27N3O5. The summed E-state index contributed by atoms with van der Waals surface area (Å²) in [7, 11) is 3.22. The van der Waals surface area contributed by atoms with Crippen molar-refractivity contribution in [1.82, 2.24) is 15.0 Å². The van der Waals surface area contributed by atoms with Gasteiger partial charge in [0.05, 0.1) is 26.4 Å². The smallest absolute Gasteiger partial charge is 0.261 e. The van der Waals surface area contributed by atoms with Crippen LogP contribution in [-0.4, -0.2) is 54.9 Å². The van der Waals surface area contributed by atoms with Gasteiger partial charge in [-0.3, -0.25) is 4.79 Å². The highest BCUT2D eigenvalue weighted by Crippen LogP contribution is 2.32. The molecule has 1 atom stereocenters. The molecule has 0 radical (unpaired) electrons. The number of ether oxygens (including phenoxy) is 3. The number of hydrogen-bond acceptors (Lipinski definition) is 7. The van der Waals surface area contributed by atoms with E-state index in [0.717, 1.165) is 17.5 Å². The molecule has 168 valence electrons. The SMILES string of the molecule is CCOc1ccccc1-c1nc(C2CC(=O)N(CCc3ccc(OC)c(OC)c3)C2)no1. The lowest BCUT2D eigenvalue weighted by atomic mass is 10.1. The van der Waals surface area contributed by atoms with E-state index in [1.165, 1.54) is 0 Å². The topological polar surface area (TPSA) is 86.9 Å². The molecule has 3 aromatic rings. The summed E-state index contributed by atoms with van der Waals surface area (Å²) in [6, 6.07) is 13.4. The fourth-order valence-corrected chi connectivity index (χ4v) is 3.90. The molecule has 0 bridgehead atoms. The van der Waals surface area contributed by atoms with Crippen molar-refractivity contribution in [3.63, 3.8) is 0 Å². The molecule has 1 saturated heterocycles. The average Bonchev–Trinajstić information content (AvgIpc) is 3.45. The Hall–Kier alpha value is -3.55. The third kappa shape index (κ3) is 4.54. The zero-order valence-electron chi connectivity index (χ0n) is 18.5. The quantitative estimate of drug-likeness (QED) is 0.504. The molecule has 0 saturated carbocycles. The predicted octanol–water partition coefficient (Wildman–Crippen LogP) is 3.71. The first-order chi connectivity index (χ1) is 15.6. The summed E-state index contributed by atoms with van der Waals surface area (Å²) < 4.78 is 21.8. The van der Waals surface area contributed by atoms with Crippen molar-refractivity contribution in [2.75, 3.05) is 33.9 Å². The van der Waals surface area contributed by atoms with Crippen LogP contribution < -0.4 is 14.2 Å². The minimum absolute atomic E-state index is 0.0929. The van der Waals surface area contributed by atoms with Crippen molar-refractivity contribution >= 4 is 5.91 Å². The van der Waals surface area contributed by atoms with Gasteiger partial charge in [-0.1, -0.05) is 23.4 Å². The number of rotatable bonds is 9. The molecule has 0 aliphatic carbocycles. The Kier molecular flexibility index (Phi) is 6.58. The monoisotopic (exact) mass is 437 g/mol. The van der Waals surface area contributed by atoms with E-state index >= 15 is 0 Å². The van der Waals surface area contributed by atoms with Crippen molar-refractivity contribution in [2.24, 2.45) is 0 Å². The van der Waals surface area contributed by atoms with Gasteiger partial charge in [0.1, 0.15) is 5.75 Å². The van der Waals surface area contributed by atoms with E-state index in [9.17, 15) is 4.79 Å². The molecule has 1 aromatic heterocycles. The Balaban J connectivity index is 1.41. The van der Waals surface area contributed by atoms with E-state index in [1.807, 2.05) is 54.3 Å². The lowest BCUT2D eigenvalue weighted by Crippen LogP contribution is -2.27. The summed E-state index contributed by atoms with van der Waals surface area (Å²) in [6.45, 7) is 3.65. The zero-order valence-corrected chi connectivity index (χ0v) is 18.5. The van der Waals surface area contributed by atoms with E-state index in [0.29, 0.717) is 55.1 Å². The Morgan fingerprint density at radius 2 is 1.91 bits per heavy atom. The molecule has 0 spiro atoms. The molecule has 1 aliphatic rings. The third-order valence-corrected chi connectivity index (χ3v) is 5.56. The van der Waals surface area contributed by atoms with Crippen LogP contribution in [0.25, 0.3) is 11.5 Å². The van der Waals surface area contributed by atoms with E-state index in [2.05, 4.69) is 10.1 Å². The maximum atomic E-state index is 12.6. The number of likely N-dealkylation sites (tertiary alicyclic amines) is 1. The average molecular weight is 437 g/mol. The molecule has 2 aromatic carbocycles. The number of aromatic nitrogens is 2. The van der Waals surface area contributed by atoms with Gasteiger partial charge in [0.25, 0.3) is 5.89 Å². The van der Waals surface area contributed by atoms with Crippen LogP contribution in [0.5, 0.6) is 17.2 Å². The minimum atomic E-state index is -0.0929. The Bertz CT molecular complexity index is 1080. The van der Waals surface area contributed by atoms with Gasteiger partial charge in [-0.25, -0.2) is 0 Å². The molecule has 8 heteroatoms. The van der Waals surface area contributed by atoms with Gasteiger partial charge in [-0.2, -0.15) is 4.98 Å². The molecular weight excluding hydrogens is 410 g/mol. The summed E-state index contributed by atoms with van der Waals surface area (Å²) >= 11 is 0. The van der Waals surface area contributed by atoms with Gasteiger partial charge in [0, 0.05) is 25.4 Å². The fourth-order valence-electron chi connectivity index (χ4n) is 3.90. The normalized spacial score (nSPS) is 15.8. The maximum absolute atomic E-state index is 12.6. The second-order valence-corrected chi connectivity index (χ2v) is 7.57. The number of carbonyl (C=O) groups is 1. The maximum Gasteiger partial charge on any atom is 0.261 e. The first kappa shape index (κ1) is 21.7. The van der Waals surface area contributed by atoms with Crippen LogP contribution in [0.2, 0.25) is 0 Å². The summed E-state index contributed by atoms with van der Waals surface area (Å²) in [5.74, 6) is 3.02. The minimum Gasteiger partial charge on any atom is -0.493 e. The number of methoxy groups -OCH3 is 2. The zero-order chi connectivity index (χ0) is 22.5. The summed E-state index contributed by atoms with van der Waals surface area (Å²) in [6.07, 6.45) is 1.09. The number of amides is 1. The van der Waals surface area contributed by atoms with Gasteiger partial charge in [0.2, 0.25) is 5.91 Å². The van der Waals surface area contributed by atoms with Crippen molar-refractivity contribution < 1.29 is 23.5 Å². The summed E-state index contributed by atoms with van der Waals surface area (Å²) in [4.78, 5) is 19.0. The molecule has 4 rings (SSSR count). The number of carbonyl (C=O) groups excluding carboxylic acids is 1. The molecule has 0 N–H and O–H groups in total. The van der Waals surface area contributed by atoms with Crippen molar-refractivity contribution in [3.8, 4) is 28.7 Å². The van der Waals surface area contributed by atoms with Crippen LogP contribution in [0.15, 0.2) is 47.0 Å². The highest BCUT2D eigenvalue weighted by Gasteiger charge is 2.33. The fraction of sp³-hybridized carbons (Fsp3) is 0.375. The van der Waals surface area contributed by atoms with Gasteiger partial charge in [-0.15, -0.1) is 0 Å². The van der Waals surface area contributed by atoms with E-state index in [-0.39, 0.29) is 11.8 Å². The first-order valence-corrected chi connectivity index (χ1v) is 10.7. The Morgan fingerprint density at radius 3 is 2.69 bits per heavy atom. The van der Waals surface area contributed by atoms with Crippen LogP contribution in [0.3, 0.4) is 0 Å². The highest BCUT2D eigenvalue weighted by molar-refractivity contribution is 5.79. The lowest BCUT2D eigenvalue weighted by molar-refractivity contribution is -0.127. The molecule has 8 nitrogen and oxygen atoms in total. The standard InChI is InChI=1S/C24H27N3O5/c1-4-31-19-8-6-5-7-18(19)24-25-23(26-32-24)17-14-22(28)27(15-17)12-11-16-9-10-20(29-2)21(13-16)30-3/h5-10,13,17H,4,11-12,14-15H2,1-3H3. The number of para-hydroxylation sites is 1. The predicted molar refractivity (Wildman–Crippen MR) is 118 cm³/mol. The van der Waals surface area contributed by atoms with Gasteiger partial charge in [-0.05, 0) is 43.2 Å². The lowest BCUT2D eigenvalue weighted by Gasteiger charge is -2.16. The van der Waals surface area contributed by atoms with Crippen LogP contribution in [0.1, 0.15) is 30.7 Å². The largest absolute Gasteiger partial charge is 0.493 e. The summed E-state index contributed by atoms with van der Waals surface area (Å²) in [5.41, 5.74) is 1.83. The number of hydrogen-bond donors (Lipinski definition) is 0. The molecule has 2 heterocycles. The summed E-state index contributed by atoms with van der Waals surface area (Å²) in [5, 5.41) is 4.15. The number of nitrogens with zero attached hydrogens (tertiary/aromatic N) is 3. The van der Waals surface area contributed by atoms with Gasteiger partial charge in [0.15, 0.2) is 17.3 Å². The van der Waals surface area contributed by atoms with Crippen LogP contribution in [0, 0.1) is 0 Å². The molecule has 1 aliphatic heterocycles. The van der Waals surface area contributed by atoms with E-state index < -0.39 is 0 Å². The molecule has 1 fully saturated rings. The van der Waals surface area contributed by atoms with Crippen molar-refractivity contribution in [1.29, 1.82) is 0 Å². The van der Waals surface area contributed by atoms with Crippen molar-refractivity contribution in [2.45, 2.75) is 25.7 Å². The van der Waals surface area contributed by atoms with Crippen LogP contribution in [-0.2, 0) is 11.2 Å². The second-order valence-electron chi connectivity index (χ2n) is 7.57. The van der Waals surface area contributed by atoms with Crippen LogP contribution in [0.4, 0.5) is 0 Å². The Labute approximate surface area is 187 Å². The van der Waals surface area contributed by atoms with E-state index in [1.54, 1.807) is 14.2 Å². The highest BCUT2D eigenvalue weighted by atomic mass is 16.5. The number of benzene rings is 2. The molecule has 32 heavy (non-hydrogen) atoms. The Morgan fingerprint density at radius 1 is 1.09 bits per heavy atom. The van der Waals surface area contributed by atoms with Gasteiger partial charge >= 0.3 is 0 Å². The van der Waals surface area contributed by atoms with E-state index in [4.69, 9.17) is 18.7 Å². The third-order valence-electron chi connectivity index (χ3n) is 5.56. The van der Waals surface area contributed by atoms with Crippen molar-refractivity contribution in [3.05, 3.63) is 53.9 Å². The first-order valence-electron chi connectivity index (χ1n) is 10.7. The van der Waals surface area contributed by atoms with Crippen LogP contribution >= 0.6 is 0 Å². The second kappa shape index (κ2) is 9.72.